The lowest BCUT2D eigenvalue weighted by Gasteiger charge is -2.41. The van der Waals surface area contributed by atoms with E-state index in [-0.39, 0.29) is 41.1 Å². The summed E-state index contributed by atoms with van der Waals surface area (Å²) in [5.41, 5.74) is -1.14. The summed E-state index contributed by atoms with van der Waals surface area (Å²) in [6, 6.07) is -1.61. The van der Waals surface area contributed by atoms with Crippen molar-refractivity contribution < 1.29 is 24.2 Å². The van der Waals surface area contributed by atoms with Crippen LogP contribution in [0, 0.1) is 17.8 Å². The zero-order valence-electron chi connectivity index (χ0n) is 21.5. The van der Waals surface area contributed by atoms with Gasteiger partial charge in [0.15, 0.2) is 0 Å². The normalized spacial score (nSPS) is 33.0. The topological polar surface area (TPSA) is 90.4 Å². The first-order valence-electron chi connectivity index (χ1n) is 12.5. The molecule has 9 heteroatoms. The molecule has 35 heavy (non-hydrogen) atoms. The number of rotatable bonds is 11. The standard InChI is InChI=1S/C26H40BrN3O5/c1-8-11-28(7)23(32)19-20-24(33)30(18(14-31)16(6)10-3)22(25(34)29(12-9-2)15(4)5)26(20)13-17(27)21(19)35-26/h8-9,15-22,31H,1-2,10-14H2,3-7H3/t16-,17?,18-,19+,20-,21+,22?,26?/m0/s1. The second kappa shape index (κ2) is 10.7. The van der Waals surface area contributed by atoms with Gasteiger partial charge in [0.05, 0.1) is 30.6 Å². The van der Waals surface area contributed by atoms with Crippen molar-refractivity contribution in [3.05, 3.63) is 25.3 Å². The third kappa shape index (κ3) is 4.37. The molecule has 0 radical (unpaired) electrons. The van der Waals surface area contributed by atoms with Crippen molar-refractivity contribution in [2.75, 3.05) is 26.7 Å². The number of ether oxygens (including phenoxy) is 1. The van der Waals surface area contributed by atoms with Gasteiger partial charge in [-0.1, -0.05) is 48.4 Å². The third-order valence-corrected chi connectivity index (χ3v) is 8.95. The van der Waals surface area contributed by atoms with E-state index in [4.69, 9.17) is 4.74 Å². The Labute approximate surface area is 217 Å². The molecule has 3 amide bonds. The molecule has 8 nitrogen and oxygen atoms in total. The number of hydrogen-bond donors (Lipinski definition) is 1. The van der Waals surface area contributed by atoms with E-state index in [0.29, 0.717) is 19.5 Å². The molecule has 3 unspecified atom stereocenters. The fourth-order valence-corrected chi connectivity index (χ4v) is 7.13. The molecule has 0 aromatic carbocycles. The first-order valence-corrected chi connectivity index (χ1v) is 13.5. The van der Waals surface area contributed by atoms with Gasteiger partial charge in [-0.05, 0) is 26.2 Å². The molecule has 3 heterocycles. The summed E-state index contributed by atoms with van der Waals surface area (Å²) in [5, 5.41) is 10.4. The third-order valence-electron chi connectivity index (χ3n) is 8.10. The molecule has 2 bridgehead atoms. The van der Waals surface area contributed by atoms with Crippen molar-refractivity contribution in [3.63, 3.8) is 0 Å². The molecule has 3 fully saturated rings. The molecular weight excluding hydrogens is 514 g/mol. The Bertz CT molecular complexity index is 866. The van der Waals surface area contributed by atoms with Gasteiger partial charge in [-0.2, -0.15) is 0 Å². The quantitative estimate of drug-likeness (QED) is 0.313. The smallest absolute Gasteiger partial charge is 0.248 e. The SMILES string of the molecule is C=CCN(C)C(=O)[C@H]1[C@@H]2OC3(CC2Br)C(C(=O)N(CC=C)C(C)C)N([C@@H](CO)[C@@H](C)CC)C(=O)[C@H]13. The average molecular weight is 555 g/mol. The molecule has 3 aliphatic heterocycles. The fourth-order valence-electron chi connectivity index (χ4n) is 6.19. The number of aliphatic hydroxyl groups is 1. The molecule has 3 rings (SSSR count). The Morgan fingerprint density at radius 2 is 1.89 bits per heavy atom. The van der Waals surface area contributed by atoms with Crippen LogP contribution in [0.25, 0.3) is 0 Å². The van der Waals surface area contributed by atoms with Gasteiger partial charge >= 0.3 is 0 Å². The molecule has 0 aromatic rings. The van der Waals surface area contributed by atoms with Crippen molar-refractivity contribution in [3.8, 4) is 0 Å². The predicted octanol–water partition coefficient (Wildman–Crippen LogP) is 2.21. The second-order valence-electron chi connectivity index (χ2n) is 10.4. The van der Waals surface area contributed by atoms with Crippen LogP contribution < -0.4 is 0 Å². The Kier molecular flexibility index (Phi) is 8.54. The number of likely N-dealkylation sites (N-methyl/N-ethyl adjacent to an activating group) is 1. The van der Waals surface area contributed by atoms with Gasteiger partial charge in [0.25, 0.3) is 0 Å². The number of carbonyl (C=O) groups is 3. The summed E-state index contributed by atoms with van der Waals surface area (Å²) in [4.78, 5) is 46.6. The zero-order valence-corrected chi connectivity index (χ0v) is 23.1. The van der Waals surface area contributed by atoms with E-state index in [0.717, 1.165) is 6.42 Å². The fraction of sp³-hybridized carbons (Fsp3) is 0.731. The summed E-state index contributed by atoms with van der Waals surface area (Å²) in [5.74, 6) is -2.25. The maximum absolute atomic E-state index is 14.2. The minimum atomic E-state index is -1.14. The van der Waals surface area contributed by atoms with E-state index >= 15 is 0 Å². The Morgan fingerprint density at radius 3 is 2.40 bits per heavy atom. The lowest BCUT2D eigenvalue weighted by atomic mass is 9.70. The minimum Gasteiger partial charge on any atom is -0.394 e. The summed E-state index contributed by atoms with van der Waals surface area (Å²) in [6.07, 6.45) is 3.97. The van der Waals surface area contributed by atoms with E-state index in [1.54, 1.807) is 33.9 Å². The number of halogens is 1. The molecule has 8 atom stereocenters. The Morgan fingerprint density at radius 1 is 1.26 bits per heavy atom. The van der Waals surface area contributed by atoms with Gasteiger partial charge in [0.2, 0.25) is 17.7 Å². The van der Waals surface area contributed by atoms with Gasteiger partial charge in [-0.3, -0.25) is 14.4 Å². The second-order valence-corrected chi connectivity index (χ2v) is 11.6. The highest BCUT2D eigenvalue weighted by Crippen LogP contribution is 2.61. The van der Waals surface area contributed by atoms with Crippen LogP contribution in [0.5, 0.6) is 0 Å². The maximum Gasteiger partial charge on any atom is 0.248 e. The summed E-state index contributed by atoms with van der Waals surface area (Å²) in [7, 11) is 1.69. The lowest BCUT2D eigenvalue weighted by molar-refractivity contribution is -0.153. The van der Waals surface area contributed by atoms with Gasteiger partial charge in [-0.25, -0.2) is 0 Å². The van der Waals surface area contributed by atoms with Crippen LogP contribution in [0.1, 0.15) is 40.5 Å². The summed E-state index contributed by atoms with van der Waals surface area (Å²) in [6.45, 7) is 15.7. The highest BCUT2D eigenvalue weighted by atomic mass is 79.9. The summed E-state index contributed by atoms with van der Waals surface area (Å²) < 4.78 is 6.57. The van der Waals surface area contributed by atoms with Crippen LogP contribution in [0.3, 0.4) is 0 Å². The first kappa shape index (κ1) is 27.9. The molecule has 3 aliphatic rings. The number of carbonyl (C=O) groups excluding carboxylic acids is 3. The van der Waals surface area contributed by atoms with Crippen LogP contribution in [0.2, 0.25) is 0 Å². The van der Waals surface area contributed by atoms with E-state index in [1.165, 1.54) is 0 Å². The highest BCUT2D eigenvalue weighted by Gasteiger charge is 2.77. The van der Waals surface area contributed by atoms with Crippen LogP contribution in [0.4, 0.5) is 0 Å². The maximum atomic E-state index is 14.2. The van der Waals surface area contributed by atoms with E-state index in [1.807, 2.05) is 27.7 Å². The molecule has 1 N–H and O–H groups in total. The van der Waals surface area contributed by atoms with Crippen molar-refractivity contribution in [1.82, 2.24) is 14.7 Å². The van der Waals surface area contributed by atoms with Crippen LogP contribution in [-0.4, -0.2) is 98.9 Å². The number of likely N-dealkylation sites (tertiary alicyclic amines) is 1. The van der Waals surface area contributed by atoms with E-state index < -0.39 is 35.6 Å². The Balaban J connectivity index is 2.17. The van der Waals surface area contributed by atoms with Gasteiger partial charge in [-0.15, -0.1) is 13.2 Å². The van der Waals surface area contributed by atoms with E-state index in [9.17, 15) is 19.5 Å². The van der Waals surface area contributed by atoms with Crippen molar-refractivity contribution >= 4 is 33.7 Å². The molecular formula is C26H40BrN3O5. The number of amides is 3. The number of alkyl halides is 1. The molecule has 1 spiro atoms. The van der Waals surface area contributed by atoms with Crippen molar-refractivity contribution in [2.45, 2.75) is 75.2 Å². The van der Waals surface area contributed by atoms with Crippen molar-refractivity contribution in [1.29, 1.82) is 0 Å². The van der Waals surface area contributed by atoms with Crippen LogP contribution in [-0.2, 0) is 19.1 Å². The van der Waals surface area contributed by atoms with Gasteiger partial charge in [0.1, 0.15) is 11.6 Å². The molecule has 196 valence electrons. The Hall–Kier alpha value is -1.71. The number of aliphatic hydroxyl groups excluding tert-OH is 1. The minimum absolute atomic E-state index is 0.0454. The monoisotopic (exact) mass is 553 g/mol. The number of nitrogens with zero attached hydrogens (tertiary/aromatic N) is 3. The average Bonchev–Trinajstić information content (AvgIpc) is 3.40. The molecule has 0 aromatic heterocycles. The number of fused-ring (bicyclic) bond motifs is 1. The van der Waals surface area contributed by atoms with Crippen LogP contribution >= 0.6 is 15.9 Å². The molecule has 0 saturated carbocycles. The molecule has 0 aliphatic carbocycles. The molecule has 3 saturated heterocycles. The van der Waals surface area contributed by atoms with Gasteiger partial charge in [0, 0.05) is 31.0 Å². The zero-order chi connectivity index (χ0) is 26.2. The summed E-state index contributed by atoms with van der Waals surface area (Å²) >= 11 is 3.70. The van der Waals surface area contributed by atoms with Crippen molar-refractivity contribution in [2.24, 2.45) is 17.8 Å². The largest absolute Gasteiger partial charge is 0.394 e. The predicted molar refractivity (Wildman–Crippen MR) is 138 cm³/mol. The first-order chi connectivity index (χ1) is 16.5. The highest BCUT2D eigenvalue weighted by molar-refractivity contribution is 9.09. The van der Waals surface area contributed by atoms with E-state index in [2.05, 4.69) is 29.1 Å². The van der Waals surface area contributed by atoms with Crippen LogP contribution in [0.15, 0.2) is 25.3 Å². The van der Waals surface area contributed by atoms with Gasteiger partial charge < -0.3 is 24.5 Å². The number of hydrogen-bond acceptors (Lipinski definition) is 5. The lowest BCUT2D eigenvalue weighted by Crippen LogP contribution is -2.60.